The van der Waals surface area contributed by atoms with Crippen molar-refractivity contribution in [3.8, 4) is 5.75 Å². The number of para-hydroxylation sites is 2. The minimum atomic E-state index is 0.632. The number of nitrogens with zero attached hydrogens (tertiary/aromatic N) is 2. The molecule has 0 saturated carbocycles. The summed E-state index contributed by atoms with van der Waals surface area (Å²) in [7, 11) is 0. The molecule has 0 radical (unpaired) electrons. The van der Waals surface area contributed by atoms with E-state index in [1.54, 1.807) is 0 Å². The largest absolute Gasteiger partial charge is 0.494 e. The van der Waals surface area contributed by atoms with Crippen molar-refractivity contribution in [1.29, 1.82) is 0 Å². The van der Waals surface area contributed by atoms with Crippen molar-refractivity contribution in [2.75, 3.05) is 11.9 Å². The summed E-state index contributed by atoms with van der Waals surface area (Å²) in [6, 6.07) is 15.8. The lowest BCUT2D eigenvalue weighted by molar-refractivity contribution is 0.340. The van der Waals surface area contributed by atoms with E-state index in [0.717, 1.165) is 28.2 Å². The number of benzene rings is 2. The predicted molar refractivity (Wildman–Crippen MR) is 84.5 cm³/mol. The lowest BCUT2D eigenvalue weighted by Gasteiger charge is -2.09. The lowest BCUT2D eigenvalue weighted by Crippen LogP contribution is -2.03. The molecule has 0 amide bonds. The molecule has 0 fully saturated rings. The van der Waals surface area contributed by atoms with Gasteiger partial charge in [-0.15, -0.1) is 0 Å². The first kappa shape index (κ1) is 13.4. The van der Waals surface area contributed by atoms with Gasteiger partial charge in [0.25, 0.3) is 0 Å². The molecule has 2 aromatic carbocycles. The molecule has 4 nitrogen and oxygen atoms in total. The zero-order valence-electron chi connectivity index (χ0n) is 11.9. The molecular formula is C17H17N3O. The van der Waals surface area contributed by atoms with Gasteiger partial charge in [-0.25, -0.2) is 4.98 Å². The number of rotatable bonds is 5. The average molecular weight is 279 g/mol. The van der Waals surface area contributed by atoms with Gasteiger partial charge in [0.05, 0.1) is 36.1 Å². The Labute approximate surface area is 123 Å². The van der Waals surface area contributed by atoms with Crippen molar-refractivity contribution in [3.05, 3.63) is 60.4 Å². The summed E-state index contributed by atoms with van der Waals surface area (Å²) < 4.78 is 5.49. The number of anilines is 1. The maximum atomic E-state index is 5.49. The molecule has 21 heavy (non-hydrogen) atoms. The van der Waals surface area contributed by atoms with Crippen LogP contribution in [-0.2, 0) is 6.54 Å². The molecule has 0 saturated heterocycles. The van der Waals surface area contributed by atoms with Crippen LogP contribution in [0.25, 0.3) is 11.0 Å². The molecular weight excluding hydrogens is 262 g/mol. The molecule has 0 spiro atoms. The fraction of sp³-hybridized carbons (Fsp3) is 0.176. The molecule has 0 unspecified atom stereocenters. The van der Waals surface area contributed by atoms with Crippen LogP contribution in [0.4, 0.5) is 5.69 Å². The molecule has 0 atom stereocenters. The van der Waals surface area contributed by atoms with Gasteiger partial charge in [-0.2, -0.15) is 0 Å². The Kier molecular flexibility index (Phi) is 3.96. The van der Waals surface area contributed by atoms with E-state index in [1.165, 1.54) is 0 Å². The second kappa shape index (κ2) is 6.22. The standard InChI is InChI=1S/C17H17N3O/c1-2-21-15-7-5-6-13(10-15)18-11-14-12-19-16-8-3-4-9-17(16)20-14/h3-10,12,18H,2,11H2,1H3. The van der Waals surface area contributed by atoms with Crippen molar-refractivity contribution in [1.82, 2.24) is 9.97 Å². The Morgan fingerprint density at radius 2 is 1.90 bits per heavy atom. The first-order valence-electron chi connectivity index (χ1n) is 7.02. The van der Waals surface area contributed by atoms with Gasteiger partial charge in [0.15, 0.2) is 0 Å². The van der Waals surface area contributed by atoms with Crippen LogP contribution >= 0.6 is 0 Å². The average Bonchev–Trinajstić information content (AvgIpc) is 2.53. The molecule has 0 aliphatic rings. The van der Waals surface area contributed by atoms with Crippen LogP contribution in [0.2, 0.25) is 0 Å². The van der Waals surface area contributed by atoms with Gasteiger partial charge in [-0.05, 0) is 31.2 Å². The van der Waals surface area contributed by atoms with Crippen molar-refractivity contribution in [3.63, 3.8) is 0 Å². The second-order valence-electron chi connectivity index (χ2n) is 4.66. The SMILES string of the molecule is CCOc1cccc(NCc2cnc3ccccc3n2)c1. The molecule has 0 aliphatic carbocycles. The Morgan fingerprint density at radius 3 is 2.76 bits per heavy atom. The van der Waals surface area contributed by atoms with Crippen LogP contribution < -0.4 is 10.1 Å². The fourth-order valence-corrected chi connectivity index (χ4v) is 2.14. The van der Waals surface area contributed by atoms with Crippen LogP contribution in [0.1, 0.15) is 12.6 Å². The monoisotopic (exact) mass is 279 g/mol. The highest BCUT2D eigenvalue weighted by atomic mass is 16.5. The summed E-state index contributed by atoms with van der Waals surface area (Å²) in [5.74, 6) is 0.868. The number of aromatic nitrogens is 2. The molecule has 0 bridgehead atoms. The smallest absolute Gasteiger partial charge is 0.121 e. The maximum absolute atomic E-state index is 5.49. The summed E-state index contributed by atoms with van der Waals surface area (Å²) in [6.45, 7) is 3.28. The quantitative estimate of drug-likeness (QED) is 0.774. The Bertz CT molecular complexity index is 743. The lowest BCUT2D eigenvalue weighted by atomic mass is 10.2. The fourth-order valence-electron chi connectivity index (χ4n) is 2.14. The predicted octanol–water partition coefficient (Wildman–Crippen LogP) is 3.64. The van der Waals surface area contributed by atoms with Crippen LogP contribution in [0, 0.1) is 0 Å². The van der Waals surface area contributed by atoms with E-state index in [4.69, 9.17) is 4.74 Å². The van der Waals surface area contributed by atoms with Crippen molar-refractivity contribution >= 4 is 16.7 Å². The summed E-state index contributed by atoms with van der Waals surface area (Å²) in [4.78, 5) is 9.01. The van der Waals surface area contributed by atoms with E-state index < -0.39 is 0 Å². The molecule has 1 aromatic heterocycles. The number of hydrogen-bond acceptors (Lipinski definition) is 4. The Hall–Kier alpha value is -2.62. The normalized spacial score (nSPS) is 10.5. The van der Waals surface area contributed by atoms with Crippen LogP contribution in [0.3, 0.4) is 0 Å². The molecule has 4 heteroatoms. The summed E-state index contributed by atoms with van der Waals surface area (Å²) in [5, 5.41) is 3.34. The molecule has 3 aromatic rings. The van der Waals surface area contributed by atoms with Gasteiger partial charge in [0.1, 0.15) is 5.75 Å². The maximum Gasteiger partial charge on any atom is 0.121 e. The molecule has 1 N–H and O–H groups in total. The highest BCUT2D eigenvalue weighted by Gasteiger charge is 2.00. The van der Waals surface area contributed by atoms with Crippen molar-refractivity contribution < 1.29 is 4.74 Å². The third kappa shape index (κ3) is 3.28. The first-order valence-corrected chi connectivity index (χ1v) is 7.02. The third-order valence-electron chi connectivity index (χ3n) is 3.12. The van der Waals surface area contributed by atoms with Gasteiger partial charge in [0.2, 0.25) is 0 Å². The van der Waals surface area contributed by atoms with E-state index in [9.17, 15) is 0 Å². The zero-order valence-corrected chi connectivity index (χ0v) is 11.9. The van der Waals surface area contributed by atoms with Crippen LogP contribution in [0.5, 0.6) is 5.75 Å². The minimum Gasteiger partial charge on any atom is -0.494 e. The molecule has 0 aliphatic heterocycles. The summed E-state index contributed by atoms with van der Waals surface area (Å²) >= 11 is 0. The highest BCUT2D eigenvalue weighted by Crippen LogP contribution is 2.18. The van der Waals surface area contributed by atoms with Crippen molar-refractivity contribution in [2.24, 2.45) is 0 Å². The van der Waals surface area contributed by atoms with E-state index in [2.05, 4.69) is 15.3 Å². The zero-order chi connectivity index (χ0) is 14.5. The van der Waals surface area contributed by atoms with Gasteiger partial charge >= 0.3 is 0 Å². The Morgan fingerprint density at radius 1 is 1.05 bits per heavy atom. The summed E-state index contributed by atoms with van der Waals surface area (Å²) in [6.07, 6.45) is 1.81. The number of nitrogens with one attached hydrogen (secondary N) is 1. The van der Waals surface area contributed by atoms with Gasteiger partial charge < -0.3 is 10.1 Å². The Balaban J connectivity index is 1.72. The van der Waals surface area contributed by atoms with E-state index >= 15 is 0 Å². The van der Waals surface area contributed by atoms with Crippen molar-refractivity contribution in [2.45, 2.75) is 13.5 Å². The highest BCUT2D eigenvalue weighted by molar-refractivity contribution is 5.73. The number of fused-ring (bicyclic) bond motifs is 1. The van der Waals surface area contributed by atoms with E-state index in [-0.39, 0.29) is 0 Å². The number of ether oxygens (including phenoxy) is 1. The van der Waals surface area contributed by atoms with Crippen LogP contribution in [0.15, 0.2) is 54.7 Å². The van der Waals surface area contributed by atoms with Gasteiger partial charge in [-0.1, -0.05) is 18.2 Å². The molecule has 3 rings (SSSR count). The molecule has 106 valence electrons. The molecule has 1 heterocycles. The van der Waals surface area contributed by atoms with E-state index in [1.807, 2.05) is 61.7 Å². The third-order valence-corrected chi connectivity index (χ3v) is 3.12. The second-order valence-corrected chi connectivity index (χ2v) is 4.66. The van der Waals surface area contributed by atoms with Crippen LogP contribution in [-0.4, -0.2) is 16.6 Å². The summed E-state index contributed by atoms with van der Waals surface area (Å²) in [5.41, 5.74) is 3.76. The minimum absolute atomic E-state index is 0.632. The van der Waals surface area contributed by atoms with E-state index in [0.29, 0.717) is 13.2 Å². The van der Waals surface area contributed by atoms with Gasteiger partial charge in [-0.3, -0.25) is 4.98 Å². The first-order chi connectivity index (χ1) is 10.3. The topological polar surface area (TPSA) is 47.0 Å². The van der Waals surface area contributed by atoms with Gasteiger partial charge in [0, 0.05) is 11.8 Å². The number of hydrogen-bond donors (Lipinski definition) is 1.